The van der Waals surface area contributed by atoms with Crippen LogP contribution >= 0.6 is 0 Å². The SMILES string of the molecule is CNC(=O)c1ccc(S(=O)(=O)C[C@](C)(O)C(=O)NC)cc1C. The molecule has 0 unspecified atom stereocenters. The minimum Gasteiger partial charge on any atom is -0.379 e. The zero-order valence-corrected chi connectivity index (χ0v) is 13.7. The molecule has 0 aliphatic carbocycles. The molecular weight excluding hydrogens is 308 g/mol. The zero-order chi connectivity index (χ0) is 17.1. The lowest BCUT2D eigenvalue weighted by atomic mass is 10.1. The highest BCUT2D eigenvalue weighted by atomic mass is 32.2. The number of likely N-dealkylation sites (N-methyl/N-ethyl adjacent to an activating group) is 1. The summed E-state index contributed by atoms with van der Waals surface area (Å²) in [4.78, 5) is 23.1. The van der Waals surface area contributed by atoms with E-state index in [1.54, 1.807) is 6.92 Å². The van der Waals surface area contributed by atoms with Crippen molar-refractivity contribution in [2.75, 3.05) is 19.8 Å². The van der Waals surface area contributed by atoms with Gasteiger partial charge in [0.2, 0.25) is 0 Å². The fourth-order valence-electron chi connectivity index (χ4n) is 2.01. The Kier molecular flexibility index (Phi) is 5.31. The number of benzene rings is 1. The summed E-state index contributed by atoms with van der Waals surface area (Å²) in [5, 5.41) is 14.7. The molecule has 0 heterocycles. The molecule has 0 aliphatic rings. The van der Waals surface area contributed by atoms with Gasteiger partial charge in [-0.3, -0.25) is 9.59 Å². The van der Waals surface area contributed by atoms with Gasteiger partial charge in [0.1, 0.15) is 0 Å². The fourth-order valence-corrected chi connectivity index (χ4v) is 3.68. The number of hydrogen-bond acceptors (Lipinski definition) is 5. The van der Waals surface area contributed by atoms with E-state index in [2.05, 4.69) is 10.6 Å². The quantitative estimate of drug-likeness (QED) is 0.682. The average molecular weight is 328 g/mol. The van der Waals surface area contributed by atoms with Crippen molar-refractivity contribution in [2.45, 2.75) is 24.3 Å². The number of aryl methyl sites for hydroxylation is 1. The molecule has 7 nitrogen and oxygen atoms in total. The van der Waals surface area contributed by atoms with Gasteiger partial charge < -0.3 is 15.7 Å². The van der Waals surface area contributed by atoms with E-state index in [4.69, 9.17) is 0 Å². The van der Waals surface area contributed by atoms with Crippen LogP contribution in [0.4, 0.5) is 0 Å². The van der Waals surface area contributed by atoms with Crippen LogP contribution in [-0.4, -0.2) is 50.8 Å². The second-order valence-corrected chi connectivity index (χ2v) is 7.16. The average Bonchev–Trinajstić information content (AvgIpc) is 2.44. The topological polar surface area (TPSA) is 113 Å². The van der Waals surface area contributed by atoms with Crippen molar-refractivity contribution < 1.29 is 23.1 Å². The smallest absolute Gasteiger partial charge is 0.252 e. The van der Waals surface area contributed by atoms with Gasteiger partial charge >= 0.3 is 0 Å². The Morgan fingerprint density at radius 2 is 1.82 bits per heavy atom. The van der Waals surface area contributed by atoms with E-state index in [0.717, 1.165) is 6.92 Å². The van der Waals surface area contributed by atoms with Crippen molar-refractivity contribution in [1.29, 1.82) is 0 Å². The molecule has 0 saturated carbocycles. The molecule has 0 bridgehead atoms. The Hall–Kier alpha value is -1.93. The lowest BCUT2D eigenvalue weighted by Crippen LogP contribution is -2.47. The van der Waals surface area contributed by atoms with Gasteiger partial charge in [-0.15, -0.1) is 0 Å². The maximum atomic E-state index is 12.3. The Labute approximate surface area is 129 Å². The van der Waals surface area contributed by atoms with Gasteiger partial charge in [0.15, 0.2) is 15.4 Å². The molecule has 22 heavy (non-hydrogen) atoms. The molecule has 0 aliphatic heterocycles. The number of amides is 2. The largest absolute Gasteiger partial charge is 0.379 e. The van der Waals surface area contributed by atoms with Gasteiger partial charge in [-0.25, -0.2) is 8.42 Å². The van der Waals surface area contributed by atoms with Gasteiger partial charge in [0.05, 0.1) is 10.6 Å². The third kappa shape index (κ3) is 3.83. The highest BCUT2D eigenvalue weighted by molar-refractivity contribution is 7.91. The molecule has 122 valence electrons. The van der Waals surface area contributed by atoms with Crippen molar-refractivity contribution in [1.82, 2.24) is 10.6 Å². The highest BCUT2D eigenvalue weighted by Crippen LogP contribution is 2.20. The first-order valence-corrected chi connectivity index (χ1v) is 8.20. The summed E-state index contributed by atoms with van der Waals surface area (Å²) < 4.78 is 24.7. The summed E-state index contributed by atoms with van der Waals surface area (Å²) >= 11 is 0. The summed E-state index contributed by atoms with van der Waals surface area (Å²) in [5.41, 5.74) is -1.19. The number of carbonyl (C=O) groups excluding carboxylic acids is 2. The normalized spacial score (nSPS) is 14.0. The molecule has 1 rings (SSSR count). The second-order valence-electron chi connectivity index (χ2n) is 5.17. The Morgan fingerprint density at radius 3 is 2.27 bits per heavy atom. The molecule has 3 N–H and O–H groups in total. The van der Waals surface area contributed by atoms with Crippen LogP contribution in [-0.2, 0) is 14.6 Å². The second kappa shape index (κ2) is 6.45. The lowest BCUT2D eigenvalue weighted by molar-refractivity contribution is -0.135. The molecule has 0 saturated heterocycles. The Morgan fingerprint density at radius 1 is 1.23 bits per heavy atom. The summed E-state index contributed by atoms with van der Waals surface area (Å²) in [6.45, 7) is 2.75. The minimum absolute atomic E-state index is 0.0539. The lowest BCUT2D eigenvalue weighted by Gasteiger charge is -2.21. The fraction of sp³-hybridized carbons (Fsp3) is 0.429. The summed E-state index contributed by atoms with van der Waals surface area (Å²) in [7, 11) is -1.10. The molecule has 1 aromatic rings. The van der Waals surface area contributed by atoms with Crippen LogP contribution in [0.5, 0.6) is 0 Å². The van der Waals surface area contributed by atoms with Crippen LogP contribution in [0.1, 0.15) is 22.8 Å². The third-order valence-corrected chi connectivity index (χ3v) is 5.13. The number of hydrogen-bond donors (Lipinski definition) is 3. The van der Waals surface area contributed by atoms with Crippen molar-refractivity contribution in [3.05, 3.63) is 29.3 Å². The van der Waals surface area contributed by atoms with Crippen LogP contribution in [0.3, 0.4) is 0 Å². The van der Waals surface area contributed by atoms with Crippen LogP contribution in [0, 0.1) is 6.92 Å². The van der Waals surface area contributed by atoms with E-state index < -0.39 is 27.1 Å². The molecule has 0 spiro atoms. The standard InChI is InChI=1S/C14H20N2O5S/c1-9-7-10(5-6-11(9)12(17)15-3)22(20,21)8-14(2,19)13(18)16-4/h5-7,19H,8H2,1-4H3,(H,15,17)(H,16,18)/t14-/m0/s1. The Balaban J connectivity index is 3.17. The molecule has 0 fully saturated rings. The van der Waals surface area contributed by atoms with E-state index in [1.165, 1.54) is 32.3 Å². The number of rotatable bonds is 5. The molecule has 0 aromatic heterocycles. The van der Waals surface area contributed by atoms with E-state index in [1.807, 2.05) is 0 Å². The number of aliphatic hydroxyl groups is 1. The van der Waals surface area contributed by atoms with Gasteiger partial charge in [0.25, 0.3) is 11.8 Å². The van der Waals surface area contributed by atoms with E-state index in [-0.39, 0.29) is 10.8 Å². The van der Waals surface area contributed by atoms with Crippen molar-refractivity contribution in [2.24, 2.45) is 0 Å². The predicted molar refractivity (Wildman–Crippen MR) is 81.3 cm³/mol. The number of carbonyl (C=O) groups is 2. The first kappa shape index (κ1) is 18.1. The first-order valence-electron chi connectivity index (χ1n) is 6.55. The maximum Gasteiger partial charge on any atom is 0.252 e. The van der Waals surface area contributed by atoms with E-state index in [0.29, 0.717) is 11.1 Å². The van der Waals surface area contributed by atoms with E-state index in [9.17, 15) is 23.1 Å². The van der Waals surface area contributed by atoms with Crippen LogP contribution < -0.4 is 10.6 Å². The summed E-state index contributed by atoms with van der Waals surface area (Å²) in [6.07, 6.45) is 0. The van der Waals surface area contributed by atoms with Gasteiger partial charge in [0, 0.05) is 19.7 Å². The molecule has 1 aromatic carbocycles. The summed E-state index contributed by atoms with van der Waals surface area (Å²) in [5.74, 6) is -1.85. The number of nitrogens with one attached hydrogen (secondary N) is 2. The van der Waals surface area contributed by atoms with Gasteiger partial charge in [-0.05, 0) is 37.6 Å². The monoisotopic (exact) mass is 328 g/mol. The minimum atomic E-state index is -3.89. The predicted octanol–water partition coefficient (Wildman–Crippen LogP) is -0.375. The maximum absolute atomic E-state index is 12.3. The third-order valence-electron chi connectivity index (χ3n) is 3.22. The van der Waals surface area contributed by atoms with Gasteiger partial charge in [-0.2, -0.15) is 0 Å². The molecular formula is C14H20N2O5S. The van der Waals surface area contributed by atoms with Crippen molar-refractivity contribution in [3.63, 3.8) is 0 Å². The van der Waals surface area contributed by atoms with Crippen LogP contribution in [0.2, 0.25) is 0 Å². The first-order chi connectivity index (χ1) is 10.0. The van der Waals surface area contributed by atoms with E-state index >= 15 is 0 Å². The Bertz CT molecular complexity index is 695. The summed E-state index contributed by atoms with van der Waals surface area (Å²) in [6, 6.07) is 4.03. The highest BCUT2D eigenvalue weighted by Gasteiger charge is 2.36. The van der Waals surface area contributed by atoms with Crippen LogP contribution in [0.15, 0.2) is 23.1 Å². The molecule has 1 atom stereocenters. The van der Waals surface area contributed by atoms with Crippen molar-refractivity contribution in [3.8, 4) is 0 Å². The number of sulfone groups is 1. The molecule has 2 amide bonds. The van der Waals surface area contributed by atoms with Crippen molar-refractivity contribution >= 4 is 21.7 Å². The molecule has 0 radical (unpaired) electrons. The van der Waals surface area contributed by atoms with Crippen LogP contribution in [0.25, 0.3) is 0 Å². The molecule has 8 heteroatoms. The zero-order valence-electron chi connectivity index (χ0n) is 12.9. The van der Waals surface area contributed by atoms with Gasteiger partial charge in [-0.1, -0.05) is 0 Å².